The molecular formula is C21H19FN4O2S. The number of nitrogens with one attached hydrogen (secondary N) is 1. The molecule has 0 saturated carbocycles. The Balaban J connectivity index is 1.55. The fraction of sp³-hybridized carbons (Fsp3) is 0.190. The molecule has 1 unspecified atom stereocenters. The number of benzene rings is 2. The zero-order valence-electron chi connectivity index (χ0n) is 15.7. The van der Waals surface area contributed by atoms with Crippen molar-refractivity contribution in [2.24, 2.45) is 10.7 Å². The lowest BCUT2D eigenvalue weighted by Crippen LogP contribution is -2.29. The largest absolute Gasteiger partial charge is 0.444 e. The first kappa shape index (κ1) is 19.2. The number of thioether (sulfide) groups is 1. The average molecular weight is 410 g/mol. The van der Waals surface area contributed by atoms with Crippen molar-refractivity contribution in [3.8, 4) is 11.3 Å². The molecule has 0 spiro atoms. The Hall–Kier alpha value is -3.13. The Labute approximate surface area is 171 Å². The third kappa shape index (κ3) is 4.02. The van der Waals surface area contributed by atoms with Crippen LogP contribution in [-0.2, 0) is 5.54 Å². The second-order valence-corrected chi connectivity index (χ2v) is 8.03. The van der Waals surface area contributed by atoms with Crippen LogP contribution in [0.5, 0.6) is 0 Å². The van der Waals surface area contributed by atoms with Crippen LogP contribution in [0.3, 0.4) is 0 Å². The molecule has 3 N–H and O–H groups in total. The van der Waals surface area contributed by atoms with Gasteiger partial charge in [-0.25, -0.2) is 9.37 Å². The topological polar surface area (TPSA) is 93.5 Å². The number of oxazole rings is 1. The van der Waals surface area contributed by atoms with E-state index in [1.165, 1.54) is 30.3 Å². The lowest BCUT2D eigenvalue weighted by molar-refractivity contribution is 0.102. The maximum atomic E-state index is 14.5. The van der Waals surface area contributed by atoms with Crippen molar-refractivity contribution < 1.29 is 13.6 Å². The number of amidine groups is 1. The van der Waals surface area contributed by atoms with E-state index in [0.717, 1.165) is 11.3 Å². The van der Waals surface area contributed by atoms with E-state index in [-0.39, 0.29) is 11.7 Å². The Morgan fingerprint density at radius 3 is 2.76 bits per heavy atom. The lowest BCUT2D eigenvalue weighted by atomic mass is 9.89. The highest BCUT2D eigenvalue weighted by atomic mass is 32.2. The monoisotopic (exact) mass is 410 g/mol. The number of anilines is 1. The third-order valence-corrected chi connectivity index (χ3v) is 5.66. The summed E-state index contributed by atoms with van der Waals surface area (Å²) in [6.07, 6.45) is 3.62. The van der Waals surface area contributed by atoms with Gasteiger partial charge in [-0.1, -0.05) is 23.9 Å². The molecule has 0 saturated heterocycles. The van der Waals surface area contributed by atoms with Crippen molar-refractivity contribution in [1.29, 1.82) is 0 Å². The molecule has 4 rings (SSSR count). The fourth-order valence-electron chi connectivity index (χ4n) is 3.24. The zero-order chi connectivity index (χ0) is 20.4. The summed E-state index contributed by atoms with van der Waals surface area (Å²) in [7, 11) is 0. The van der Waals surface area contributed by atoms with Gasteiger partial charge in [0, 0.05) is 28.1 Å². The van der Waals surface area contributed by atoms with Gasteiger partial charge in [-0.05, 0) is 43.7 Å². The molecule has 0 fully saturated rings. The molecule has 8 heteroatoms. The van der Waals surface area contributed by atoms with E-state index >= 15 is 0 Å². The standard InChI is InChI=1S/C21H19FN4O2S/c1-21(8-9-29-20(23)26-21)16-10-15(6-7-17(16)22)25-19(27)14-4-2-13(3-5-14)18-11-24-12-28-18/h2-7,10-12H,8-9H2,1H3,(H2,23,26)(H,25,27). The van der Waals surface area contributed by atoms with Gasteiger partial charge in [0.15, 0.2) is 17.3 Å². The summed E-state index contributed by atoms with van der Waals surface area (Å²) in [5.41, 5.74) is 7.31. The molecule has 2 heterocycles. The first-order chi connectivity index (χ1) is 13.9. The minimum Gasteiger partial charge on any atom is -0.444 e. The van der Waals surface area contributed by atoms with Gasteiger partial charge in [0.2, 0.25) is 0 Å². The average Bonchev–Trinajstić information content (AvgIpc) is 3.24. The number of hydrogen-bond donors (Lipinski definition) is 2. The molecule has 6 nitrogen and oxygen atoms in total. The van der Waals surface area contributed by atoms with Gasteiger partial charge in [0.25, 0.3) is 5.91 Å². The number of halogens is 1. The van der Waals surface area contributed by atoms with Crippen LogP contribution in [0.2, 0.25) is 0 Å². The number of hydrogen-bond acceptors (Lipinski definition) is 6. The van der Waals surface area contributed by atoms with Crippen LogP contribution in [-0.4, -0.2) is 21.8 Å². The second kappa shape index (κ2) is 7.71. The second-order valence-electron chi connectivity index (χ2n) is 6.91. The van der Waals surface area contributed by atoms with E-state index in [9.17, 15) is 9.18 Å². The van der Waals surface area contributed by atoms with Gasteiger partial charge in [-0.2, -0.15) is 0 Å². The van der Waals surface area contributed by atoms with Gasteiger partial charge in [0.05, 0.1) is 11.7 Å². The molecule has 29 heavy (non-hydrogen) atoms. The Bertz CT molecular complexity index is 1070. The minimum atomic E-state index is -0.751. The van der Waals surface area contributed by atoms with Crippen molar-refractivity contribution in [3.63, 3.8) is 0 Å². The maximum absolute atomic E-state index is 14.5. The van der Waals surface area contributed by atoms with E-state index in [2.05, 4.69) is 15.3 Å². The smallest absolute Gasteiger partial charge is 0.255 e. The van der Waals surface area contributed by atoms with E-state index < -0.39 is 5.54 Å². The van der Waals surface area contributed by atoms with Crippen LogP contribution in [0, 0.1) is 5.82 Å². The van der Waals surface area contributed by atoms with Gasteiger partial charge >= 0.3 is 0 Å². The van der Waals surface area contributed by atoms with Gasteiger partial charge in [-0.15, -0.1) is 0 Å². The number of nitrogens with zero attached hydrogens (tertiary/aromatic N) is 2. The first-order valence-electron chi connectivity index (χ1n) is 9.03. The predicted octanol–water partition coefficient (Wildman–Crippen LogP) is 4.40. The maximum Gasteiger partial charge on any atom is 0.255 e. The predicted molar refractivity (Wildman–Crippen MR) is 112 cm³/mol. The quantitative estimate of drug-likeness (QED) is 0.665. The number of aromatic nitrogens is 1. The molecule has 1 aromatic heterocycles. The Morgan fingerprint density at radius 2 is 2.07 bits per heavy atom. The highest BCUT2D eigenvalue weighted by Gasteiger charge is 2.32. The summed E-state index contributed by atoms with van der Waals surface area (Å²) in [6.45, 7) is 1.85. The fourth-order valence-corrected chi connectivity index (χ4v) is 4.22. The van der Waals surface area contributed by atoms with Crippen molar-refractivity contribution in [3.05, 3.63) is 72.0 Å². The van der Waals surface area contributed by atoms with Crippen LogP contribution in [0.15, 0.2) is 64.5 Å². The molecule has 3 aromatic rings. The molecule has 148 valence electrons. The van der Waals surface area contributed by atoms with E-state index in [0.29, 0.717) is 34.2 Å². The number of nitrogens with two attached hydrogens (primary N) is 1. The lowest BCUT2D eigenvalue weighted by Gasteiger charge is -2.30. The van der Waals surface area contributed by atoms with Gasteiger partial charge in [0.1, 0.15) is 5.82 Å². The summed E-state index contributed by atoms with van der Waals surface area (Å²) < 4.78 is 19.8. The molecular weight excluding hydrogens is 391 g/mol. The number of aliphatic imine (C=N–C) groups is 1. The van der Waals surface area contributed by atoms with Gasteiger partial charge < -0.3 is 15.5 Å². The number of amides is 1. The molecule has 1 aliphatic rings. The summed E-state index contributed by atoms with van der Waals surface area (Å²) in [5.74, 6) is 0.725. The van der Waals surface area contributed by atoms with Crippen molar-refractivity contribution in [2.75, 3.05) is 11.1 Å². The Morgan fingerprint density at radius 1 is 1.28 bits per heavy atom. The molecule has 0 bridgehead atoms. The van der Waals surface area contributed by atoms with Crippen LogP contribution in [0.25, 0.3) is 11.3 Å². The van der Waals surface area contributed by atoms with Crippen LogP contribution in [0.1, 0.15) is 29.3 Å². The van der Waals surface area contributed by atoms with Crippen molar-refractivity contribution in [1.82, 2.24) is 4.98 Å². The summed E-state index contributed by atoms with van der Waals surface area (Å²) in [5, 5.41) is 3.27. The van der Waals surface area contributed by atoms with Gasteiger partial charge in [-0.3, -0.25) is 9.79 Å². The molecule has 1 atom stereocenters. The van der Waals surface area contributed by atoms with Crippen LogP contribution in [0.4, 0.5) is 10.1 Å². The summed E-state index contributed by atoms with van der Waals surface area (Å²) in [4.78, 5) is 21.0. The van der Waals surface area contributed by atoms with E-state index in [1.807, 2.05) is 6.92 Å². The zero-order valence-corrected chi connectivity index (χ0v) is 16.5. The van der Waals surface area contributed by atoms with Crippen molar-refractivity contribution >= 4 is 28.5 Å². The van der Waals surface area contributed by atoms with E-state index in [1.54, 1.807) is 36.5 Å². The van der Waals surface area contributed by atoms with Crippen molar-refractivity contribution in [2.45, 2.75) is 18.9 Å². The first-order valence-corrected chi connectivity index (χ1v) is 10.0. The number of carbonyl (C=O) groups is 1. The molecule has 1 aliphatic heterocycles. The summed E-state index contributed by atoms with van der Waals surface area (Å²) in [6, 6.07) is 11.5. The molecule has 2 aromatic carbocycles. The minimum absolute atomic E-state index is 0.293. The number of rotatable bonds is 4. The SMILES string of the molecule is CC1(c2cc(NC(=O)c3ccc(-c4cnco4)cc3)ccc2F)CCSC(N)=N1. The molecule has 0 radical (unpaired) electrons. The van der Waals surface area contributed by atoms with E-state index in [4.69, 9.17) is 10.2 Å². The third-order valence-electron chi connectivity index (χ3n) is 4.86. The normalized spacial score (nSPS) is 18.9. The molecule has 0 aliphatic carbocycles. The highest BCUT2D eigenvalue weighted by molar-refractivity contribution is 8.13. The van der Waals surface area contributed by atoms with Crippen LogP contribution >= 0.6 is 11.8 Å². The summed E-state index contributed by atoms with van der Waals surface area (Å²) >= 11 is 1.46. The van der Waals surface area contributed by atoms with Crippen LogP contribution < -0.4 is 11.1 Å². The number of carbonyl (C=O) groups excluding carboxylic acids is 1. The molecule has 1 amide bonds. The highest BCUT2D eigenvalue weighted by Crippen LogP contribution is 2.37. The Kier molecular flexibility index (Phi) is 5.10.